The molecule has 7 heteroatoms. The third-order valence-corrected chi connectivity index (χ3v) is 3.77. The maximum atomic E-state index is 12.0. The van der Waals surface area contributed by atoms with E-state index in [1.807, 2.05) is 4.68 Å². The predicted molar refractivity (Wildman–Crippen MR) is 75.3 cm³/mol. The fourth-order valence-electron chi connectivity index (χ4n) is 2.59. The molecule has 0 spiro atoms. The molecular weight excluding hydrogens is 268 g/mol. The second-order valence-corrected chi connectivity index (χ2v) is 5.26. The zero-order valence-electron chi connectivity index (χ0n) is 11.8. The van der Waals surface area contributed by atoms with Gasteiger partial charge in [0.1, 0.15) is 6.33 Å². The number of hydrogen-bond donors (Lipinski definition) is 1. The highest BCUT2D eigenvalue weighted by atomic mass is 16.2. The number of hydrogen-bond acceptors (Lipinski definition) is 5. The van der Waals surface area contributed by atoms with Crippen molar-refractivity contribution in [2.75, 3.05) is 0 Å². The molecule has 1 saturated carbocycles. The highest BCUT2D eigenvalue weighted by Crippen LogP contribution is 2.27. The molecule has 21 heavy (non-hydrogen) atoms. The topological polar surface area (TPSA) is 85.6 Å². The van der Waals surface area contributed by atoms with Crippen LogP contribution in [-0.2, 0) is 6.54 Å². The molecule has 0 aliphatic heterocycles. The minimum atomic E-state index is -0.226. The molecule has 2 heterocycles. The number of rotatable bonds is 4. The van der Waals surface area contributed by atoms with Crippen molar-refractivity contribution in [3.8, 4) is 0 Å². The summed E-state index contributed by atoms with van der Waals surface area (Å²) in [6, 6.07) is 2.15. The van der Waals surface area contributed by atoms with Crippen LogP contribution in [0.3, 0.4) is 0 Å². The van der Waals surface area contributed by atoms with Crippen molar-refractivity contribution in [1.29, 1.82) is 0 Å². The fraction of sp³-hybridized carbons (Fsp3) is 0.500. The molecule has 0 bridgehead atoms. The van der Waals surface area contributed by atoms with Crippen molar-refractivity contribution in [1.82, 2.24) is 30.3 Å². The smallest absolute Gasteiger partial charge is 0.273 e. The fourth-order valence-corrected chi connectivity index (χ4v) is 2.59. The van der Waals surface area contributed by atoms with Gasteiger partial charge >= 0.3 is 0 Å². The Balaban J connectivity index is 1.59. The van der Waals surface area contributed by atoms with Gasteiger partial charge in [-0.3, -0.25) is 4.79 Å². The van der Waals surface area contributed by atoms with E-state index < -0.39 is 0 Å². The lowest BCUT2D eigenvalue weighted by molar-refractivity contribution is 0.0945. The Labute approximate surface area is 122 Å². The standard InChI is InChI=1S/C14H18N6O/c21-14(16-8-11-6-7-15-10-17-11)13-9-20(19-18-13)12-4-2-1-3-5-12/h6-7,9-10,12H,1-5,8H2,(H,16,21). The minimum Gasteiger partial charge on any atom is -0.345 e. The number of carbonyl (C=O) groups excluding carboxylic acids is 1. The summed E-state index contributed by atoms with van der Waals surface area (Å²) < 4.78 is 1.83. The first-order valence-corrected chi connectivity index (χ1v) is 7.28. The molecule has 110 valence electrons. The lowest BCUT2D eigenvalue weighted by atomic mass is 9.96. The minimum absolute atomic E-state index is 0.226. The van der Waals surface area contributed by atoms with Crippen LogP contribution in [0.1, 0.15) is 54.3 Å². The molecule has 2 aromatic rings. The molecule has 1 N–H and O–H groups in total. The van der Waals surface area contributed by atoms with Crippen LogP contribution >= 0.6 is 0 Å². The molecule has 2 aromatic heterocycles. The molecule has 0 unspecified atom stereocenters. The maximum absolute atomic E-state index is 12.0. The van der Waals surface area contributed by atoms with Gasteiger partial charge in [-0.1, -0.05) is 24.5 Å². The lowest BCUT2D eigenvalue weighted by Crippen LogP contribution is -2.23. The average molecular weight is 286 g/mol. The summed E-state index contributed by atoms with van der Waals surface area (Å²) in [5.74, 6) is -0.226. The molecule has 1 aliphatic rings. The molecule has 3 rings (SSSR count). The van der Waals surface area contributed by atoms with Crippen LogP contribution < -0.4 is 5.32 Å². The molecule has 0 aromatic carbocycles. The summed E-state index contributed by atoms with van der Waals surface area (Å²) in [4.78, 5) is 19.9. The average Bonchev–Trinajstić information content (AvgIpc) is 3.04. The summed E-state index contributed by atoms with van der Waals surface area (Å²) in [5.41, 5.74) is 1.12. The number of nitrogens with zero attached hydrogens (tertiary/aromatic N) is 5. The van der Waals surface area contributed by atoms with Crippen molar-refractivity contribution in [3.63, 3.8) is 0 Å². The van der Waals surface area contributed by atoms with Crippen LogP contribution in [0.5, 0.6) is 0 Å². The van der Waals surface area contributed by atoms with E-state index in [0.29, 0.717) is 18.3 Å². The number of carbonyl (C=O) groups is 1. The second-order valence-electron chi connectivity index (χ2n) is 5.26. The van der Waals surface area contributed by atoms with Crippen LogP contribution in [0.25, 0.3) is 0 Å². The Morgan fingerprint density at radius 1 is 1.33 bits per heavy atom. The van der Waals surface area contributed by atoms with E-state index in [-0.39, 0.29) is 5.91 Å². The Kier molecular flexibility index (Phi) is 4.18. The third kappa shape index (κ3) is 3.42. The van der Waals surface area contributed by atoms with E-state index in [1.165, 1.54) is 25.6 Å². The number of amides is 1. The Hall–Kier alpha value is -2.31. The van der Waals surface area contributed by atoms with Gasteiger partial charge in [-0.2, -0.15) is 0 Å². The van der Waals surface area contributed by atoms with Crippen LogP contribution in [0.15, 0.2) is 24.8 Å². The number of aromatic nitrogens is 5. The zero-order chi connectivity index (χ0) is 14.5. The summed E-state index contributed by atoms with van der Waals surface area (Å²) in [5, 5.41) is 10.9. The van der Waals surface area contributed by atoms with Gasteiger partial charge in [-0.05, 0) is 18.9 Å². The van der Waals surface area contributed by atoms with Gasteiger partial charge in [0, 0.05) is 6.20 Å². The molecule has 0 saturated heterocycles. The lowest BCUT2D eigenvalue weighted by Gasteiger charge is -2.20. The van der Waals surface area contributed by atoms with E-state index in [4.69, 9.17) is 0 Å². The summed E-state index contributed by atoms with van der Waals surface area (Å²) >= 11 is 0. The maximum Gasteiger partial charge on any atom is 0.273 e. The van der Waals surface area contributed by atoms with E-state index >= 15 is 0 Å². The van der Waals surface area contributed by atoms with Crippen LogP contribution in [0, 0.1) is 0 Å². The van der Waals surface area contributed by atoms with Crippen molar-refractivity contribution in [2.24, 2.45) is 0 Å². The SMILES string of the molecule is O=C(NCc1ccncn1)c1cn(C2CCCCC2)nn1. The van der Waals surface area contributed by atoms with Gasteiger partial charge in [0.15, 0.2) is 5.69 Å². The molecule has 7 nitrogen and oxygen atoms in total. The first kappa shape index (κ1) is 13.7. The number of nitrogens with one attached hydrogen (secondary N) is 1. The quantitative estimate of drug-likeness (QED) is 0.920. The molecule has 0 radical (unpaired) electrons. The van der Waals surface area contributed by atoms with Crippen molar-refractivity contribution in [2.45, 2.75) is 44.7 Å². The molecule has 1 aliphatic carbocycles. The molecule has 1 fully saturated rings. The van der Waals surface area contributed by atoms with Crippen LogP contribution in [0.2, 0.25) is 0 Å². The first-order chi connectivity index (χ1) is 10.3. The molecule has 1 amide bonds. The van der Waals surface area contributed by atoms with Gasteiger partial charge < -0.3 is 5.32 Å². The van der Waals surface area contributed by atoms with E-state index in [9.17, 15) is 4.79 Å². The van der Waals surface area contributed by atoms with E-state index in [1.54, 1.807) is 18.5 Å². The van der Waals surface area contributed by atoms with Crippen molar-refractivity contribution in [3.05, 3.63) is 36.2 Å². The summed E-state index contributed by atoms with van der Waals surface area (Å²) in [6.07, 6.45) is 10.8. The second kappa shape index (κ2) is 6.43. The van der Waals surface area contributed by atoms with Crippen LogP contribution in [0.4, 0.5) is 0 Å². The normalized spacial score (nSPS) is 15.8. The summed E-state index contributed by atoms with van der Waals surface area (Å²) in [6.45, 7) is 0.359. The van der Waals surface area contributed by atoms with Gasteiger partial charge in [0.2, 0.25) is 0 Å². The Morgan fingerprint density at radius 3 is 2.95 bits per heavy atom. The van der Waals surface area contributed by atoms with Gasteiger partial charge in [0.05, 0.1) is 24.5 Å². The zero-order valence-corrected chi connectivity index (χ0v) is 11.8. The van der Waals surface area contributed by atoms with Gasteiger partial charge in [-0.15, -0.1) is 5.10 Å². The monoisotopic (exact) mass is 286 g/mol. The Morgan fingerprint density at radius 2 is 2.19 bits per heavy atom. The van der Waals surface area contributed by atoms with E-state index in [2.05, 4.69) is 25.6 Å². The molecule has 0 atom stereocenters. The van der Waals surface area contributed by atoms with Crippen molar-refractivity contribution < 1.29 is 4.79 Å². The van der Waals surface area contributed by atoms with Gasteiger partial charge in [-0.25, -0.2) is 14.6 Å². The Bertz CT molecular complexity index is 591. The van der Waals surface area contributed by atoms with Crippen molar-refractivity contribution >= 4 is 5.91 Å². The summed E-state index contributed by atoms with van der Waals surface area (Å²) in [7, 11) is 0. The molecular formula is C14H18N6O. The van der Waals surface area contributed by atoms with Gasteiger partial charge in [0.25, 0.3) is 5.91 Å². The largest absolute Gasteiger partial charge is 0.345 e. The predicted octanol–water partition coefficient (Wildman–Crippen LogP) is 1.50. The highest BCUT2D eigenvalue weighted by Gasteiger charge is 2.18. The first-order valence-electron chi connectivity index (χ1n) is 7.28. The highest BCUT2D eigenvalue weighted by molar-refractivity contribution is 5.91. The van der Waals surface area contributed by atoms with Crippen LogP contribution in [-0.4, -0.2) is 30.9 Å². The third-order valence-electron chi connectivity index (χ3n) is 3.77. The van der Waals surface area contributed by atoms with E-state index in [0.717, 1.165) is 18.5 Å².